The fourth-order valence-corrected chi connectivity index (χ4v) is 2.90. The van der Waals surface area contributed by atoms with E-state index in [9.17, 15) is 14.9 Å². The average molecular weight is 432 g/mol. The average Bonchev–Trinajstić information content (AvgIpc) is 3.12. The molecular formula is C20H18ClN3O6. The molecule has 10 heteroatoms. The summed E-state index contributed by atoms with van der Waals surface area (Å²) >= 11 is 6.26. The number of hydrazone groups is 1. The van der Waals surface area contributed by atoms with Gasteiger partial charge in [0.2, 0.25) is 0 Å². The SMILES string of the molecule is COc1cc(/C=N\NC(=O)c2cc3cc([N+](=O)[O-])ccc3o2)cc(Cl)c1OC(C)C. The maximum atomic E-state index is 12.3. The number of hydrogen-bond acceptors (Lipinski definition) is 7. The van der Waals surface area contributed by atoms with Crippen LogP contribution in [0, 0.1) is 10.1 Å². The van der Waals surface area contributed by atoms with E-state index in [0.717, 1.165) is 0 Å². The Morgan fingerprint density at radius 1 is 1.30 bits per heavy atom. The van der Waals surface area contributed by atoms with Gasteiger partial charge in [-0.2, -0.15) is 5.10 Å². The molecule has 0 spiro atoms. The number of ether oxygens (including phenoxy) is 2. The van der Waals surface area contributed by atoms with Crippen LogP contribution in [0.4, 0.5) is 5.69 Å². The summed E-state index contributed by atoms with van der Waals surface area (Å²) in [5, 5.41) is 15.5. The Morgan fingerprint density at radius 3 is 2.73 bits per heavy atom. The maximum Gasteiger partial charge on any atom is 0.307 e. The molecule has 1 N–H and O–H groups in total. The number of fused-ring (bicyclic) bond motifs is 1. The number of nitrogens with one attached hydrogen (secondary N) is 1. The number of benzene rings is 2. The van der Waals surface area contributed by atoms with Crippen LogP contribution in [0.5, 0.6) is 11.5 Å². The number of rotatable bonds is 7. The number of nitro benzene ring substituents is 1. The van der Waals surface area contributed by atoms with Crippen molar-refractivity contribution in [2.24, 2.45) is 5.10 Å². The van der Waals surface area contributed by atoms with E-state index in [1.807, 2.05) is 13.8 Å². The number of non-ortho nitro benzene ring substituents is 1. The third-order valence-electron chi connectivity index (χ3n) is 3.92. The fourth-order valence-electron chi connectivity index (χ4n) is 2.64. The number of hydrogen-bond donors (Lipinski definition) is 1. The predicted octanol–water partition coefficient (Wildman–Crippen LogP) is 4.55. The predicted molar refractivity (Wildman–Crippen MR) is 112 cm³/mol. The van der Waals surface area contributed by atoms with Crippen LogP contribution in [-0.2, 0) is 0 Å². The molecule has 3 rings (SSSR count). The molecule has 3 aromatic rings. The van der Waals surface area contributed by atoms with Gasteiger partial charge in [-0.05, 0) is 43.7 Å². The van der Waals surface area contributed by atoms with E-state index >= 15 is 0 Å². The van der Waals surface area contributed by atoms with E-state index in [1.54, 1.807) is 12.1 Å². The molecule has 156 valence electrons. The van der Waals surface area contributed by atoms with Crippen LogP contribution in [0.25, 0.3) is 11.0 Å². The molecule has 0 fully saturated rings. The minimum Gasteiger partial charge on any atom is -0.493 e. The monoisotopic (exact) mass is 431 g/mol. The lowest BCUT2D eigenvalue weighted by atomic mass is 10.2. The number of carbonyl (C=O) groups is 1. The molecule has 0 saturated carbocycles. The zero-order chi connectivity index (χ0) is 21.8. The molecule has 9 nitrogen and oxygen atoms in total. The van der Waals surface area contributed by atoms with Crippen molar-refractivity contribution >= 4 is 40.4 Å². The molecule has 2 aromatic carbocycles. The molecule has 1 heterocycles. The van der Waals surface area contributed by atoms with Crippen molar-refractivity contribution in [2.75, 3.05) is 7.11 Å². The van der Waals surface area contributed by atoms with Gasteiger partial charge in [0.1, 0.15) is 5.58 Å². The van der Waals surface area contributed by atoms with Gasteiger partial charge in [0, 0.05) is 17.5 Å². The zero-order valence-corrected chi connectivity index (χ0v) is 17.1. The van der Waals surface area contributed by atoms with Crippen LogP contribution in [0.1, 0.15) is 30.0 Å². The van der Waals surface area contributed by atoms with Gasteiger partial charge in [-0.25, -0.2) is 5.43 Å². The van der Waals surface area contributed by atoms with Crippen molar-refractivity contribution < 1.29 is 23.6 Å². The lowest BCUT2D eigenvalue weighted by Gasteiger charge is -2.15. The van der Waals surface area contributed by atoms with Gasteiger partial charge in [0.25, 0.3) is 5.69 Å². The van der Waals surface area contributed by atoms with Gasteiger partial charge in [-0.1, -0.05) is 11.6 Å². The van der Waals surface area contributed by atoms with Crippen molar-refractivity contribution in [2.45, 2.75) is 20.0 Å². The summed E-state index contributed by atoms with van der Waals surface area (Å²) in [7, 11) is 1.49. The van der Waals surface area contributed by atoms with Gasteiger partial charge >= 0.3 is 5.91 Å². The molecule has 30 heavy (non-hydrogen) atoms. The minimum absolute atomic E-state index is 0.0288. The van der Waals surface area contributed by atoms with Crippen LogP contribution in [0.15, 0.2) is 45.9 Å². The quantitative estimate of drug-likeness (QED) is 0.333. The van der Waals surface area contributed by atoms with Crippen molar-refractivity contribution in [3.63, 3.8) is 0 Å². The van der Waals surface area contributed by atoms with Crippen LogP contribution >= 0.6 is 11.6 Å². The van der Waals surface area contributed by atoms with Crippen molar-refractivity contribution in [1.29, 1.82) is 0 Å². The van der Waals surface area contributed by atoms with E-state index in [4.69, 9.17) is 25.5 Å². The Labute approximate surface area is 176 Å². The molecular weight excluding hydrogens is 414 g/mol. The highest BCUT2D eigenvalue weighted by atomic mass is 35.5. The Balaban J connectivity index is 1.75. The highest BCUT2D eigenvalue weighted by Crippen LogP contribution is 2.36. The molecule has 1 aromatic heterocycles. The normalized spacial score (nSPS) is 11.2. The summed E-state index contributed by atoms with van der Waals surface area (Å²) in [5.74, 6) is 0.219. The van der Waals surface area contributed by atoms with E-state index < -0.39 is 10.8 Å². The number of carbonyl (C=O) groups excluding carboxylic acids is 1. The summed E-state index contributed by atoms with van der Waals surface area (Å²) in [4.78, 5) is 22.6. The molecule has 0 bridgehead atoms. The smallest absolute Gasteiger partial charge is 0.307 e. The van der Waals surface area contributed by atoms with Crippen molar-refractivity contribution in [3.8, 4) is 11.5 Å². The molecule has 0 radical (unpaired) electrons. The van der Waals surface area contributed by atoms with Gasteiger partial charge in [-0.15, -0.1) is 0 Å². The van der Waals surface area contributed by atoms with Gasteiger partial charge in [-0.3, -0.25) is 14.9 Å². The number of furan rings is 1. The van der Waals surface area contributed by atoms with E-state index in [2.05, 4.69) is 10.5 Å². The zero-order valence-electron chi connectivity index (χ0n) is 16.3. The first-order valence-electron chi connectivity index (χ1n) is 8.84. The first-order chi connectivity index (χ1) is 14.3. The van der Waals surface area contributed by atoms with E-state index in [-0.39, 0.29) is 17.6 Å². The Kier molecular flexibility index (Phi) is 6.22. The summed E-state index contributed by atoms with van der Waals surface area (Å²) in [6, 6.07) is 8.76. The Morgan fingerprint density at radius 2 is 2.07 bits per heavy atom. The number of nitro groups is 1. The fraction of sp³-hybridized carbons (Fsp3) is 0.200. The van der Waals surface area contributed by atoms with Crippen molar-refractivity contribution in [3.05, 3.63) is 62.9 Å². The molecule has 0 aliphatic carbocycles. The van der Waals surface area contributed by atoms with Crippen molar-refractivity contribution in [1.82, 2.24) is 5.43 Å². The van der Waals surface area contributed by atoms with E-state index in [0.29, 0.717) is 33.1 Å². The van der Waals surface area contributed by atoms with Crippen LogP contribution in [-0.4, -0.2) is 30.3 Å². The maximum absolute atomic E-state index is 12.3. The molecule has 0 atom stereocenters. The lowest BCUT2D eigenvalue weighted by molar-refractivity contribution is -0.384. The molecule has 0 unspecified atom stereocenters. The lowest BCUT2D eigenvalue weighted by Crippen LogP contribution is -2.16. The second kappa shape index (κ2) is 8.83. The first-order valence-corrected chi connectivity index (χ1v) is 9.22. The largest absolute Gasteiger partial charge is 0.493 e. The van der Waals surface area contributed by atoms with Gasteiger partial charge < -0.3 is 13.9 Å². The highest BCUT2D eigenvalue weighted by molar-refractivity contribution is 6.32. The standard InChI is InChI=1S/C20H18ClN3O6/c1-11(2)29-19-15(21)6-12(7-17(19)28-3)10-22-23-20(25)18-9-13-8-14(24(26)27)4-5-16(13)30-18/h4-11H,1-3H3,(H,23,25)/b22-10-. The topological polar surface area (TPSA) is 116 Å². The number of nitrogens with zero attached hydrogens (tertiary/aromatic N) is 2. The minimum atomic E-state index is -0.608. The Hall–Kier alpha value is -3.59. The second-order valence-electron chi connectivity index (χ2n) is 6.49. The van der Waals surface area contributed by atoms with Crippen LogP contribution in [0.3, 0.4) is 0 Å². The summed E-state index contributed by atoms with van der Waals surface area (Å²) < 4.78 is 16.4. The molecule has 1 amide bonds. The number of amides is 1. The van der Waals surface area contributed by atoms with Gasteiger partial charge in [0.05, 0.1) is 29.4 Å². The first kappa shape index (κ1) is 21.1. The number of halogens is 1. The molecule has 0 aliphatic heterocycles. The Bertz CT molecular complexity index is 1140. The number of methoxy groups -OCH3 is 1. The third kappa shape index (κ3) is 4.69. The second-order valence-corrected chi connectivity index (χ2v) is 6.90. The summed E-state index contributed by atoms with van der Waals surface area (Å²) in [6.07, 6.45) is 1.30. The summed E-state index contributed by atoms with van der Waals surface area (Å²) in [6.45, 7) is 3.74. The molecule has 0 aliphatic rings. The van der Waals surface area contributed by atoms with Crippen LogP contribution in [0.2, 0.25) is 5.02 Å². The van der Waals surface area contributed by atoms with Crippen LogP contribution < -0.4 is 14.9 Å². The molecule has 0 saturated heterocycles. The third-order valence-corrected chi connectivity index (χ3v) is 4.20. The summed E-state index contributed by atoms with van der Waals surface area (Å²) in [5.41, 5.74) is 3.17. The van der Waals surface area contributed by atoms with E-state index in [1.165, 1.54) is 37.6 Å². The van der Waals surface area contributed by atoms with Gasteiger partial charge in [0.15, 0.2) is 17.3 Å². The highest BCUT2D eigenvalue weighted by Gasteiger charge is 2.15.